The van der Waals surface area contributed by atoms with Gasteiger partial charge in [0.15, 0.2) is 0 Å². The first-order chi connectivity index (χ1) is 6.47. The van der Waals surface area contributed by atoms with Gasteiger partial charge >= 0.3 is 5.97 Å². The van der Waals surface area contributed by atoms with Crippen LogP contribution in [-0.2, 0) is 14.4 Å². The zero-order valence-corrected chi connectivity index (χ0v) is 7.90. The summed E-state index contributed by atoms with van der Waals surface area (Å²) >= 11 is 0. The van der Waals surface area contributed by atoms with Crippen LogP contribution in [0.1, 0.15) is 19.8 Å². The van der Waals surface area contributed by atoms with Crippen LogP contribution in [0.2, 0.25) is 0 Å². The quantitative estimate of drug-likeness (QED) is 0.473. The number of carboxylic acids is 1. The van der Waals surface area contributed by atoms with Gasteiger partial charge in [0.1, 0.15) is 12.3 Å². The highest BCUT2D eigenvalue weighted by molar-refractivity contribution is 5.80. The molecule has 0 saturated carbocycles. The fourth-order valence-corrected chi connectivity index (χ4v) is 0.770. The topological polar surface area (TPSA) is 109 Å². The first kappa shape index (κ1) is 12.6. The lowest BCUT2D eigenvalue weighted by molar-refractivity contribution is -0.138. The summed E-state index contributed by atoms with van der Waals surface area (Å²) in [5.41, 5.74) is 5.18. The summed E-state index contributed by atoms with van der Waals surface area (Å²) in [6.07, 6.45) is 0.660. The van der Waals surface area contributed by atoms with Crippen molar-refractivity contribution in [3.05, 3.63) is 0 Å². The Labute approximate surface area is 81.5 Å². The van der Waals surface area contributed by atoms with Crippen molar-refractivity contribution in [1.29, 1.82) is 0 Å². The number of hydrogen-bond donors (Lipinski definition) is 3. The van der Waals surface area contributed by atoms with E-state index in [1.807, 2.05) is 0 Å². The molecule has 14 heavy (non-hydrogen) atoms. The molecular formula is C8H14N2O4. The Morgan fingerprint density at radius 3 is 2.57 bits per heavy atom. The third-order valence-electron chi connectivity index (χ3n) is 1.59. The fourth-order valence-electron chi connectivity index (χ4n) is 0.770. The maximum atomic E-state index is 11.0. The Morgan fingerprint density at radius 2 is 2.14 bits per heavy atom. The highest BCUT2D eigenvalue weighted by atomic mass is 16.4. The standard InChI is InChI=1S/C8H14N2O4/c1-5(4-11)10-7(12)3-2-6(9)8(13)14/h4-6H,2-3,9H2,1H3,(H,10,12)(H,13,14)/t5?,6-/m0/s1. The van der Waals surface area contributed by atoms with Gasteiger partial charge < -0.3 is 21.0 Å². The molecule has 80 valence electrons. The minimum Gasteiger partial charge on any atom is -0.480 e. The van der Waals surface area contributed by atoms with Crippen molar-refractivity contribution in [2.45, 2.75) is 31.8 Å². The van der Waals surface area contributed by atoms with Crippen molar-refractivity contribution in [3.8, 4) is 0 Å². The van der Waals surface area contributed by atoms with Crippen molar-refractivity contribution in [2.24, 2.45) is 5.73 Å². The van der Waals surface area contributed by atoms with Gasteiger partial charge in [-0.3, -0.25) is 9.59 Å². The maximum Gasteiger partial charge on any atom is 0.320 e. The van der Waals surface area contributed by atoms with E-state index in [1.54, 1.807) is 0 Å². The molecule has 0 bridgehead atoms. The molecule has 4 N–H and O–H groups in total. The molecule has 0 aliphatic carbocycles. The molecule has 0 rings (SSSR count). The summed E-state index contributed by atoms with van der Waals surface area (Å²) in [4.78, 5) is 31.5. The van der Waals surface area contributed by atoms with Crippen LogP contribution in [0.15, 0.2) is 0 Å². The zero-order chi connectivity index (χ0) is 11.1. The van der Waals surface area contributed by atoms with E-state index in [2.05, 4.69) is 5.32 Å². The number of nitrogens with two attached hydrogens (primary N) is 1. The van der Waals surface area contributed by atoms with E-state index in [4.69, 9.17) is 10.8 Å². The van der Waals surface area contributed by atoms with Gasteiger partial charge in [0.2, 0.25) is 5.91 Å². The van der Waals surface area contributed by atoms with Crippen molar-refractivity contribution in [1.82, 2.24) is 5.32 Å². The smallest absolute Gasteiger partial charge is 0.320 e. The Bertz CT molecular complexity index is 229. The summed E-state index contributed by atoms with van der Waals surface area (Å²) < 4.78 is 0. The van der Waals surface area contributed by atoms with Gasteiger partial charge in [0, 0.05) is 6.42 Å². The maximum absolute atomic E-state index is 11.0. The molecule has 0 saturated heterocycles. The predicted octanol–water partition coefficient (Wildman–Crippen LogP) is -1.12. The number of carbonyl (C=O) groups excluding carboxylic acids is 2. The molecule has 1 amide bonds. The van der Waals surface area contributed by atoms with Crippen LogP contribution in [0.25, 0.3) is 0 Å². The monoisotopic (exact) mass is 202 g/mol. The van der Waals surface area contributed by atoms with Gasteiger partial charge in [0.25, 0.3) is 0 Å². The molecule has 0 aromatic rings. The molecule has 0 aliphatic heterocycles. The highest BCUT2D eigenvalue weighted by Gasteiger charge is 2.14. The summed E-state index contributed by atoms with van der Waals surface area (Å²) in [7, 11) is 0. The molecule has 0 fully saturated rings. The second-order valence-corrected chi connectivity index (χ2v) is 2.98. The lowest BCUT2D eigenvalue weighted by Gasteiger charge is -2.08. The molecule has 0 aromatic heterocycles. The van der Waals surface area contributed by atoms with E-state index in [0.717, 1.165) is 0 Å². The predicted molar refractivity (Wildman–Crippen MR) is 48.5 cm³/mol. The van der Waals surface area contributed by atoms with E-state index in [9.17, 15) is 14.4 Å². The summed E-state index contributed by atoms with van der Waals surface area (Å²) in [5.74, 6) is -1.51. The average Bonchev–Trinajstić information content (AvgIpc) is 2.13. The summed E-state index contributed by atoms with van der Waals surface area (Å²) in [6, 6.07) is -1.59. The van der Waals surface area contributed by atoms with Crippen molar-refractivity contribution in [3.63, 3.8) is 0 Å². The third-order valence-corrected chi connectivity index (χ3v) is 1.59. The number of hydrogen-bond acceptors (Lipinski definition) is 4. The Hall–Kier alpha value is -1.43. The average molecular weight is 202 g/mol. The lowest BCUT2D eigenvalue weighted by atomic mass is 10.1. The molecule has 0 aromatic carbocycles. The first-order valence-corrected chi connectivity index (χ1v) is 4.20. The van der Waals surface area contributed by atoms with Gasteiger partial charge in [-0.2, -0.15) is 0 Å². The second kappa shape index (κ2) is 6.09. The van der Waals surface area contributed by atoms with Crippen LogP contribution in [0.3, 0.4) is 0 Å². The van der Waals surface area contributed by atoms with Crippen LogP contribution in [0.5, 0.6) is 0 Å². The van der Waals surface area contributed by atoms with Crippen LogP contribution in [0, 0.1) is 0 Å². The number of nitrogens with one attached hydrogen (secondary N) is 1. The van der Waals surface area contributed by atoms with Crippen LogP contribution >= 0.6 is 0 Å². The minimum atomic E-state index is -1.14. The molecule has 6 heteroatoms. The summed E-state index contributed by atoms with van der Waals surface area (Å²) in [5, 5.41) is 10.8. The van der Waals surface area contributed by atoms with Gasteiger partial charge in [0.05, 0.1) is 6.04 Å². The number of carbonyl (C=O) groups is 3. The van der Waals surface area contributed by atoms with Crippen LogP contribution in [-0.4, -0.2) is 35.4 Å². The third kappa shape index (κ3) is 5.26. The van der Waals surface area contributed by atoms with E-state index < -0.39 is 18.1 Å². The van der Waals surface area contributed by atoms with Gasteiger partial charge in [-0.05, 0) is 13.3 Å². The SMILES string of the molecule is CC(C=O)NC(=O)CC[C@H](N)C(=O)O. The zero-order valence-electron chi connectivity index (χ0n) is 7.90. The molecule has 0 aliphatic rings. The number of aldehydes is 1. The summed E-state index contributed by atoms with van der Waals surface area (Å²) in [6.45, 7) is 1.53. The van der Waals surface area contributed by atoms with Crippen molar-refractivity contribution in [2.75, 3.05) is 0 Å². The Balaban J connectivity index is 3.74. The number of aliphatic carboxylic acids is 1. The van der Waals surface area contributed by atoms with Gasteiger partial charge in [-0.25, -0.2) is 0 Å². The molecular weight excluding hydrogens is 188 g/mol. The molecule has 1 unspecified atom stereocenters. The molecule has 0 heterocycles. The highest BCUT2D eigenvalue weighted by Crippen LogP contribution is 1.95. The van der Waals surface area contributed by atoms with Crippen molar-refractivity contribution >= 4 is 18.2 Å². The second-order valence-electron chi connectivity index (χ2n) is 2.98. The van der Waals surface area contributed by atoms with E-state index in [0.29, 0.717) is 6.29 Å². The normalized spacial score (nSPS) is 14.1. The lowest BCUT2D eigenvalue weighted by Crippen LogP contribution is -2.36. The fraction of sp³-hybridized carbons (Fsp3) is 0.625. The first-order valence-electron chi connectivity index (χ1n) is 4.20. The number of carboxylic acid groups (broad SMARTS) is 1. The van der Waals surface area contributed by atoms with Crippen molar-refractivity contribution < 1.29 is 19.5 Å². The van der Waals surface area contributed by atoms with Gasteiger partial charge in [-0.15, -0.1) is 0 Å². The van der Waals surface area contributed by atoms with Crippen LogP contribution in [0.4, 0.5) is 0 Å². The van der Waals surface area contributed by atoms with Crippen LogP contribution < -0.4 is 11.1 Å². The molecule has 6 nitrogen and oxygen atoms in total. The number of amides is 1. The van der Waals surface area contributed by atoms with E-state index in [-0.39, 0.29) is 18.7 Å². The Kier molecular flexibility index (Phi) is 5.47. The number of rotatable bonds is 6. The Morgan fingerprint density at radius 1 is 1.57 bits per heavy atom. The largest absolute Gasteiger partial charge is 0.480 e. The molecule has 0 radical (unpaired) electrons. The molecule has 2 atom stereocenters. The van der Waals surface area contributed by atoms with E-state index in [1.165, 1.54) is 6.92 Å². The van der Waals surface area contributed by atoms with Gasteiger partial charge in [-0.1, -0.05) is 0 Å². The van der Waals surface area contributed by atoms with E-state index >= 15 is 0 Å². The minimum absolute atomic E-state index is 0.00560. The molecule has 0 spiro atoms.